The molecule has 0 unspecified atom stereocenters. The average Bonchev–Trinajstić information content (AvgIpc) is 2.47. The monoisotopic (exact) mass is 289 g/mol. The molecular weight excluding hydrogens is 262 g/mol. The largest absolute Gasteiger partial charge is 0.368 e. The Hall–Kier alpha value is -1.39. The second kappa shape index (κ2) is 7.05. The van der Waals surface area contributed by atoms with Crippen LogP contribution in [-0.4, -0.2) is 42.0 Å². The lowest BCUT2D eigenvalue weighted by Gasteiger charge is -2.41. The summed E-state index contributed by atoms with van der Waals surface area (Å²) in [5.41, 5.74) is 6.49. The van der Waals surface area contributed by atoms with Gasteiger partial charge in [0.1, 0.15) is 5.54 Å². The van der Waals surface area contributed by atoms with Crippen LogP contribution in [0.2, 0.25) is 0 Å². The minimum absolute atomic E-state index is 0.209. The van der Waals surface area contributed by atoms with Gasteiger partial charge in [-0.2, -0.15) is 0 Å². The number of hydrogen-bond donors (Lipinski definition) is 2. The summed E-state index contributed by atoms with van der Waals surface area (Å²) in [5.74, 6) is -0.209. The molecule has 0 aliphatic carbocycles. The second-order valence-corrected chi connectivity index (χ2v) is 6.32. The van der Waals surface area contributed by atoms with Gasteiger partial charge < -0.3 is 16.0 Å². The van der Waals surface area contributed by atoms with Crippen LogP contribution in [0.1, 0.15) is 32.3 Å². The van der Waals surface area contributed by atoms with Gasteiger partial charge in [0.2, 0.25) is 5.91 Å². The first-order valence-electron chi connectivity index (χ1n) is 7.86. The lowest BCUT2D eigenvalue weighted by molar-refractivity contribution is -0.126. The zero-order valence-corrected chi connectivity index (χ0v) is 13.1. The summed E-state index contributed by atoms with van der Waals surface area (Å²) in [7, 11) is 0. The highest BCUT2D eigenvalue weighted by molar-refractivity contribution is 5.84. The van der Waals surface area contributed by atoms with E-state index in [1.807, 2.05) is 6.07 Å². The van der Waals surface area contributed by atoms with E-state index in [9.17, 15) is 4.79 Å². The molecule has 2 rings (SSSR count). The van der Waals surface area contributed by atoms with Crippen molar-refractivity contribution >= 4 is 5.91 Å². The summed E-state index contributed by atoms with van der Waals surface area (Å²) in [6.07, 6.45) is 2.66. The number of piperidine rings is 1. The maximum absolute atomic E-state index is 11.8. The van der Waals surface area contributed by atoms with Gasteiger partial charge in [-0.1, -0.05) is 30.3 Å². The third-order valence-electron chi connectivity index (χ3n) is 4.31. The van der Waals surface area contributed by atoms with Crippen molar-refractivity contribution in [3.63, 3.8) is 0 Å². The number of amides is 1. The van der Waals surface area contributed by atoms with Crippen molar-refractivity contribution in [1.29, 1.82) is 0 Å². The molecule has 1 heterocycles. The van der Waals surface area contributed by atoms with Crippen molar-refractivity contribution in [3.8, 4) is 0 Å². The number of rotatable bonds is 6. The van der Waals surface area contributed by atoms with E-state index in [0.717, 1.165) is 38.9 Å². The first kappa shape index (κ1) is 16.0. The molecule has 0 bridgehead atoms. The van der Waals surface area contributed by atoms with Gasteiger partial charge in [-0.15, -0.1) is 0 Å². The predicted octanol–water partition coefficient (Wildman–Crippen LogP) is 1.55. The third kappa shape index (κ3) is 4.29. The molecule has 1 aromatic carbocycles. The maximum Gasteiger partial charge on any atom is 0.237 e. The third-order valence-corrected chi connectivity index (χ3v) is 4.31. The molecule has 1 amide bonds. The summed E-state index contributed by atoms with van der Waals surface area (Å²) in [6, 6.07) is 10.8. The summed E-state index contributed by atoms with van der Waals surface area (Å²) >= 11 is 0. The highest BCUT2D eigenvalue weighted by atomic mass is 16.1. The van der Waals surface area contributed by atoms with Gasteiger partial charge in [0.25, 0.3) is 0 Å². The number of nitrogens with zero attached hydrogens (tertiary/aromatic N) is 1. The second-order valence-electron chi connectivity index (χ2n) is 6.32. The fourth-order valence-electron chi connectivity index (χ4n) is 3.10. The topological polar surface area (TPSA) is 58.4 Å². The first-order chi connectivity index (χ1) is 10.0. The Bertz CT molecular complexity index is 450. The smallest absolute Gasteiger partial charge is 0.237 e. The highest BCUT2D eigenvalue weighted by Gasteiger charge is 2.39. The first-order valence-corrected chi connectivity index (χ1v) is 7.86. The van der Waals surface area contributed by atoms with E-state index >= 15 is 0 Å². The Morgan fingerprint density at radius 3 is 2.43 bits per heavy atom. The van der Waals surface area contributed by atoms with Crippen LogP contribution in [-0.2, 0) is 11.2 Å². The highest BCUT2D eigenvalue weighted by Crippen LogP contribution is 2.23. The van der Waals surface area contributed by atoms with Gasteiger partial charge in [-0.05, 0) is 38.7 Å². The quantitative estimate of drug-likeness (QED) is 0.835. The molecule has 1 aromatic rings. The molecule has 4 heteroatoms. The van der Waals surface area contributed by atoms with E-state index < -0.39 is 5.54 Å². The van der Waals surface area contributed by atoms with E-state index in [1.54, 1.807) is 0 Å². The summed E-state index contributed by atoms with van der Waals surface area (Å²) in [4.78, 5) is 14.3. The fraction of sp³-hybridized carbons (Fsp3) is 0.588. The standard InChI is InChI=1S/C17H27N3O/c1-14(2)19-17(16(18)21)9-12-20(13-10-17)11-8-15-6-4-3-5-7-15/h3-7,14,19H,8-13H2,1-2H3,(H2,18,21). The Morgan fingerprint density at radius 1 is 1.29 bits per heavy atom. The Kier molecular flexibility index (Phi) is 5.37. The van der Waals surface area contributed by atoms with Crippen molar-refractivity contribution < 1.29 is 4.79 Å². The molecule has 0 aromatic heterocycles. The van der Waals surface area contributed by atoms with E-state index in [0.29, 0.717) is 0 Å². The molecule has 0 saturated carbocycles. The van der Waals surface area contributed by atoms with Crippen LogP contribution in [0.3, 0.4) is 0 Å². The Balaban J connectivity index is 1.85. The van der Waals surface area contributed by atoms with Crippen LogP contribution in [0.4, 0.5) is 0 Å². The van der Waals surface area contributed by atoms with E-state index in [2.05, 4.69) is 48.3 Å². The molecule has 4 nitrogen and oxygen atoms in total. The molecule has 0 spiro atoms. The molecule has 0 radical (unpaired) electrons. The van der Waals surface area contributed by atoms with Gasteiger partial charge in [0.05, 0.1) is 0 Å². The minimum atomic E-state index is -0.516. The molecule has 1 aliphatic heterocycles. The van der Waals surface area contributed by atoms with Crippen molar-refractivity contribution in [2.45, 2.75) is 44.7 Å². The fourth-order valence-corrected chi connectivity index (χ4v) is 3.10. The van der Waals surface area contributed by atoms with Crippen LogP contribution in [0.5, 0.6) is 0 Å². The molecule has 1 aliphatic rings. The predicted molar refractivity (Wildman–Crippen MR) is 86.0 cm³/mol. The molecule has 1 fully saturated rings. The lowest BCUT2D eigenvalue weighted by atomic mass is 9.86. The van der Waals surface area contributed by atoms with Crippen LogP contribution in [0.25, 0.3) is 0 Å². The van der Waals surface area contributed by atoms with E-state index in [4.69, 9.17) is 5.73 Å². The maximum atomic E-state index is 11.8. The van der Waals surface area contributed by atoms with Gasteiger partial charge in [0, 0.05) is 25.7 Å². The van der Waals surface area contributed by atoms with E-state index in [1.165, 1.54) is 5.56 Å². The SMILES string of the molecule is CC(C)NC1(C(N)=O)CCN(CCc2ccccc2)CC1. The number of likely N-dealkylation sites (tertiary alicyclic amines) is 1. The van der Waals surface area contributed by atoms with Crippen molar-refractivity contribution in [2.24, 2.45) is 5.73 Å². The number of hydrogen-bond acceptors (Lipinski definition) is 3. The van der Waals surface area contributed by atoms with E-state index in [-0.39, 0.29) is 11.9 Å². The van der Waals surface area contributed by atoms with Crippen molar-refractivity contribution in [2.75, 3.05) is 19.6 Å². The number of primary amides is 1. The number of nitrogens with one attached hydrogen (secondary N) is 1. The van der Waals surface area contributed by atoms with Gasteiger partial charge in [0.15, 0.2) is 0 Å². The Morgan fingerprint density at radius 2 is 1.90 bits per heavy atom. The molecule has 21 heavy (non-hydrogen) atoms. The van der Waals surface area contributed by atoms with Crippen molar-refractivity contribution in [3.05, 3.63) is 35.9 Å². The lowest BCUT2D eigenvalue weighted by Crippen LogP contribution is -2.62. The van der Waals surface area contributed by atoms with Crippen LogP contribution in [0.15, 0.2) is 30.3 Å². The number of carbonyl (C=O) groups excluding carboxylic acids is 1. The summed E-state index contributed by atoms with van der Waals surface area (Å²) in [5, 5.41) is 3.39. The van der Waals surface area contributed by atoms with Gasteiger partial charge in [-0.25, -0.2) is 0 Å². The van der Waals surface area contributed by atoms with Crippen LogP contribution in [0, 0.1) is 0 Å². The number of benzene rings is 1. The minimum Gasteiger partial charge on any atom is -0.368 e. The molecular formula is C17H27N3O. The van der Waals surface area contributed by atoms with Gasteiger partial charge in [-0.3, -0.25) is 4.79 Å². The zero-order valence-electron chi connectivity index (χ0n) is 13.1. The molecule has 0 atom stereocenters. The molecule has 1 saturated heterocycles. The van der Waals surface area contributed by atoms with Gasteiger partial charge >= 0.3 is 0 Å². The number of nitrogens with two attached hydrogens (primary N) is 1. The van der Waals surface area contributed by atoms with Crippen LogP contribution >= 0.6 is 0 Å². The number of carbonyl (C=O) groups is 1. The molecule has 3 N–H and O–H groups in total. The zero-order chi connectivity index (χ0) is 15.3. The average molecular weight is 289 g/mol. The normalized spacial score (nSPS) is 18.8. The summed E-state index contributed by atoms with van der Waals surface area (Å²) < 4.78 is 0. The molecule has 116 valence electrons. The van der Waals surface area contributed by atoms with Crippen molar-refractivity contribution in [1.82, 2.24) is 10.2 Å². The van der Waals surface area contributed by atoms with Crippen LogP contribution < -0.4 is 11.1 Å². The Labute approximate surface area is 127 Å². The summed E-state index contributed by atoms with van der Waals surface area (Å²) in [6.45, 7) is 7.02.